The van der Waals surface area contributed by atoms with Crippen LogP contribution in [0, 0.1) is 5.82 Å². The molecule has 19 heavy (non-hydrogen) atoms. The number of hydrogen-bond donors (Lipinski definition) is 1. The number of halogens is 1. The van der Waals surface area contributed by atoms with E-state index in [4.69, 9.17) is 5.73 Å². The van der Waals surface area contributed by atoms with Gasteiger partial charge >= 0.3 is 0 Å². The van der Waals surface area contributed by atoms with Gasteiger partial charge in [-0.25, -0.2) is 4.39 Å². The summed E-state index contributed by atoms with van der Waals surface area (Å²) in [6, 6.07) is 11.5. The predicted octanol–water partition coefficient (Wildman–Crippen LogP) is 4.14. The highest BCUT2D eigenvalue weighted by Crippen LogP contribution is 2.40. The van der Waals surface area contributed by atoms with E-state index < -0.39 is 0 Å². The molecule has 1 aliphatic carbocycles. The molecular formula is C17H20FN. The van der Waals surface area contributed by atoms with Crippen LogP contribution < -0.4 is 5.73 Å². The van der Waals surface area contributed by atoms with Crippen molar-refractivity contribution in [2.45, 2.75) is 37.5 Å². The van der Waals surface area contributed by atoms with E-state index >= 15 is 0 Å². The Morgan fingerprint density at radius 3 is 2.53 bits per heavy atom. The maximum Gasteiger partial charge on any atom is 0.131 e. The summed E-state index contributed by atoms with van der Waals surface area (Å²) in [7, 11) is 0. The van der Waals surface area contributed by atoms with Gasteiger partial charge in [0, 0.05) is 17.3 Å². The highest BCUT2D eigenvalue weighted by molar-refractivity contribution is 5.84. The fourth-order valence-electron chi connectivity index (χ4n) is 3.41. The Hall–Kier alpha value is -1.41. The molecule has 1 aliphatic rings. The largest absolute Gasteiger partial charge is 0.330 e. The van der Waals surface area contributed by atoms with Crippen molar-refractivity contribution in [3.8, 4) is 0 Å². The predicted molar refractivity (Wildman–Crippen MR) is 77.7 cm³/mol. The van der Waals surface area contributed by atoms with Crippen molar-refractivity contribution in [3.63, 3.8) is 0 Å². The molecule has 0 radical (unpaired) electrons. The molecule has 0 aromatic heterocycles. The summed E-state index contributed by atoms with van der Waals surface area (Å²) in [4.78, 5) is 0. The molecule has 0 spiro atoms. The van der Waals surface area contributed by atoms with Gasteiger partial charge < -0.3 is 5.73 Å². The molecule has 0 aliphatic heterocycles. The average molecular weight is 257 g/mol. The van der Waals surface area contributed by atoms with Gasteiger partial charge in [-0.2, -0.15) is 0 Å². The third-order valence-electron chi connectivity index (χ3n) is 4.63. The zero-order valence-corrected chi connectivity index (χ0v) is 11.2. The fourth-order valence-corrected chi connectivity index (χ4v) is 3.41. The van der Waals surface area contributed by atoms with Crippen LogP contribution in [0.1, 0.15) is 37.7 Å². The van der Waals surface area contributed by atoms with Crippen LogP contribution in [-0.4, -0.2) is 6.54 Å². The molecular weight excluding hydrogens is 237 g/mol. The molecule has 0 saturated heterocycles. The van der Waals surface area contributed by atoms with Crippen LogP contribution in [-0.2, 0) is 5.41 Å². The lowest BCUT2D eigenvalue weighted by Gasteiger charge is -2.37. The van der Waals surface area contributed by atoms with E-state index in [-0.39, 0.29) is 11.2 Å². The van der Waals surface area contributed by atoms with E-state index in [0.717, 1.165) is 23.8 Å². The Bertz CT molecular complexity index is 585. The lowest BCUT2D eigenvalue weighted by Crippen LogP contribution is -2.37. The number of benzene rings is 2. The maximum atomic E-state index is 14.3. The molecule has 2 N–H and O–H groups in total. The second-order valence-corrected chi connectivity index (χ2v) is 5.72. The highest BCUT2D eigenvalue weighted by atomic mass is 19.1. The molecule has 1 saturated carbocycles. The van der Waals surface area contributed by atoms with E-state index in [2.05, 4.69) is 6.07 Å². The minimum atomic E-state index is -0.119. The van der Waals surface area contributed by atoms with Crippen molar-refractivity contribution in [2.24, 2.45) is 5.73 Å². The zero-order valence-electron chi connectivity index (χ0n) is 11.2. The van der Waals surface area contributed by atoms with E-state index in [1.165, 1.54) is 19.3 Å². The lowest BCUT2D eigenvalue weighted by molar-refractivity contribution is 0.300. The Kier molecular flexibility index (Phi) is 3.28. The van der Waals surface area contributed by atoms with Gasteiger partial charge in [-0.3, -0.25) is 0 Å². The number of nitrogens with two attached hydrogens (primary N) is 1. The topological polar surface area (TPSA) is 26.0 Å². The second-order valence-electron chi connectivity index (χ2n) is 5.72. The normalized spacial score (nSPS) is 18.6. The van der Waals surface area contributed by atoms with E-state index in [0.29, 0.717) is 11.9 Å². The molecule has 2 aromatic carbocycles. The molecule has 1 nitrogen and oxygen atoms in total. The van der Waals surface area contributed by atoms with Crippen LogP contribution >= 0.6 is 0 Å². The summed E-state index contributed by atoms with van der Waals surface area (Å²) in [5, 5.41) is 1.69. The van der Waals surface area contributed by atoms with Crippen LogP contribution in [0.3, 0.4) is 0 Å². The molecule has 0 heterocycles. The Morgan fingerprint density at radius 2 is 1.79 bits per heavy atom. The van der Waals surface area contributed by atoms with E-state index in [9.17, 15) is 4.39 Å². The van der Waals surface area contributed by atoms with E-state index in [1.807, 2.05) is 24.3 Å². The maximum absolute atomic E-state index is 14.3. The molecule has 0 unspecified atom stereocenters. The van der Waals surface area contributed by atoms with Gasteiger partial charge in [-0.1, -0.05) is 49.6 Å². The summed E-state index contributed by atoms with van der Waals surface area (Å²) in [5.74, 6) is -0.119. The summed E-state index contributed by atoms with van der Waals surface area (Å²) in [6.45, 7) is 0.616. The lowest BCUT2D eigenvalue weighted by atomic mass is 9.69. The van der Waals surface area contributed by atoms with Gasteiger partial charge in [0.25, 0.3) is 0 Å². The van der Waals surface area contributed by atoms with Crippen molar-refractivity contribution in [3.05, 3.63) is 47.8 Å². The zero-order chi connectivity index (χ0) is 13.3. The van der Waals surface area contributed by atoms with Crippen LogP contribution in [0.15, 0.2) is 36.4 Å². The molecule has 1 fully saturated rings. The smallest absolute Gasteiger partial charge is 0.131 e. The first kappa shape index (κ1) is 12.6. The number of hydrogen-bond acceptors (Lipinski definition) is 1. The SMILES string of the molecule is NCC1(c2cc(F)c3ccccc3c2)CCCCC1. The van der Waals surface area contributed by atoms with Crippen molar-refractivity contribution < 1.29 is 4.39 Å². The van der Waals surface area contributed by atoms with Gasteiger partial charge in [-0.15, -0.1) is 0 Å². The first-order chi connectivity index (χ1) is 9.25. The molecule has 2 aromatic rings. The van der Waals surface area contributed by atoms with Crippen LogP contribution in [0.4, 0.5) is 4.39 Å². The molecule has 2 heteroatoms. The molecule has 0 amide bonds. The van der Waals surface area contributed by atoms with Crippen LogP contribution in [0.25, 0.3) is 10.8 Å². The first-order valence-corrected chi connectivity index (χ1v) is 7.14. The minimum absolute atomic E-state index is 0.0108. The molecule has 100 valence electrons. The van der Waals surface area contributed by atoms with Gasteiger partial charge in [0.1, 0.15) is 5.82 Å². The van der Waals surface area contributed by atoms with Crippen LogP contribution in [0.5, 0.6) is 0 Å². The Morgan fingerprint density at radius 1 is 1.05 bits per heavy atom. The monoisotopic (exact) mass is 257 g/mol. The quantitative estimate of drug-likeness (QED) is 0.859. The van der Waals surface area contributed by atoms with Crippen molar-refractivity contribution in [1.82, 2.24) is 0 Å². The summed E-state index contributed by atoms with van der Waals surface area (Å²) >= 11 is 0. The molecule has 0 atom stereocenters. The molecule has 0 bridgehead atoms. The molecule has 3 rings (SSSR count). The van der Waals surface area contributed by atoms with E-state index in [1.54, 1.807) is 6.07 Å². The average Bonchev–Trinajstić information content (AvgIpc) is 2.48. The number of rotatable bonds is 2. The van der Waals surface area contributed by atoms with Crippen LogP contribution in [0.2, 0.25) is 0 Å². The third-order valence-corrected chi connectivity index (χ3v) is 4.63. The Labute approximate surface area is 113 Å². The first-order valence-electron chi connectivity index (χ1n) is 7.14. The van der Waals surface area contributed by atoms with Crippen molar-refractivity contribution in [1.29, 1.82) is 0 Å². The Balaban J connectivity index is 2.13. The standard InChI is InChI=1S/C17H20FN/c18-16-11-14(10-13-6-2-3-7-15(13)16)17(12-19)8-4-1-5-9-17/h2-3,6-7,10-11H,1,4-5,8-9,12,19H2. The summed E-state index contributed by atoms with van der Waals surface area (Å²) in [6.07, 6.45) is 5.84. The van der Waals surface area contributed by atoms with Crippen molar-refractivity contribution in [2.75, 3.05) is 6.54 Å². The van der Waals surface area contributed by atoms with Gasteiger partial charge in [-0.05, 0) is 29.9 Å². The summed E-state index contributed by atoms with van der Waals surface area (Å²) in [5.41, 5.74) is 7.12. The fraction of sp³-hybridized carbons (Fsp3) is 0.412. The van der Waals surface area contributed by atoms with Gasteiger partial charge in [0.2, 0.25) is 0 Å². The van der Waals surface area contributed by atoms with Gasteiger partial charge in [0.05, 0.1) is 0 Å². The van der Waals surface area contributed by atoms with Gasteiger partial charge in [0.15, 0.2) is 0 Å². The third kappa shape index (κ3) is 2.14. The second kappa shape index (κ2) is 4.93. The minimum Gasteiger partial charge on any atom is -0.330 e. The highest BCUT2D eigenvalue weighted by Gasteiger charge is 2.33. The summed E-state index contributed by atoms with van der Waals surface area (Å²) < 4.78 is 14.3. The number of fused-ring (bicyclic) bond motifs is 1. The van der Waals surface area contributed by atoms with Crippen molar-refractivity contribution >= 4 is 10.8 Å².